The van der Waals surface area contributed by atoms with Gasteiger partial charge in [-0.05, 0) is 19.1 Å². The minimum Gasteiger partial charge on any atom is -0.494 e. The summed E-state index contributed by atoms with van der Waals surface area (Å²) in [6.07, 6.45) is 0. The number of ether oxygens (including phenoxy) is 1. The van der Waals surface area contributed by atoms with Gasteiger partial charge in [0, 0.05) is 0 Å². The summed E-state index contributed by atoms with van der Waals surface area (Å²) in [5, 5.41) is 12.7. The lowest BCUT2D eigenvalue weighted by Gasteiger charge is -2.08. The van der Waals surface area contributed by atoms with Crippen molar-refractivity contribution in [2.24, 2.45) is 0 Å². The molecule has 0 radical (unpaired) electrons. The highest BCUT2D eigenvalue weighted by atomic mass is 16.5. The summed E-state index contributed by atoms with van der Waals surface area (Å²) in [7, 11) is 1.54. The van der Waals surface area contributed by atoms with Crippen LogP contribution >= 0.6 is 0 Å². The van der Waals surface area contributed by atoms with Crippen LogP contribution in [0.3, 0.4) is 0 Å². The van der Waals surface area contributed by atoms with Gasteiger partial charge in [0.1, 0.15) is 17.3 Å². The largest absolute Gasteiger partial charge is 0.494 e. The molecular formula is C11H11N3O3. The van der Waals surface area contributed by atoms with Crippen LogP contribution in [0.5, 0.6) is 5.75 Å². The number of benzene rings is 1. The molecule has 1 N–H and O–H groups in total. The SMILES string of the molecule is COc1ccccc1-n1nc(C(=O)O)nc1C. The van der Waals surface area contributed by atoms with Crippen molar-refractivity contribution >= 4 is 5.97 Å². The third-order valence-corrected chi connectivity index (χ3v) is 2.27. The lowest BCUT2D eigenvalue weighted by Crippen LogP contribution is -2.03. The van der Waals surface area contributed by atoms with E-state index in [2.05, 4.69) is 10.1 Å². The second-order valence-electron chi connectivity index (χ2n) is 3.37. The number of methoxy groups -OCH3 is 1. The Morgan fingerprint density at radius 2 is 2.12 bits per heavy atom. The second-order valence-corrected chi connectivity index (χ2v) is 3.37. The fraction of sp³-hybridized carbons (Fsp3) is 0.182. The molecule has 2 rings (SSSR count). The van der Waals surface area contributed by atoms with Crippen molar-refractivity contribution in [3.8, 4) is 11.4 Å². The Morgan fingerprint density at radius 3 is 2.71 bits per heavy atom. The highest BCUT2D eigenvalue weighted by Crippen LogP contribution is 2.22. The minimum atomic E-state index is -1.15. The molecule has 0 aliphatic rings. The van der Waals surface area contributed by atoms with E-state index in [-0.39, 0.29) is 5.82 Å². The van der Waals surface area contributed by atoms with Crippen molar-refractivity contribution in [1.82, 2.24) is 14.8 Å². The maximum Gasteiger partial charge on any atom is 0.375 e. The average Bonchev–Trinajstić information content (AvgIpc) is 2.71. The lowest BCUT2D eigenvalue weighted by molar-refractivity contribution is 0.0683. The van der Waals surface area contributed by atoms with E-state index in [4.69, 9.17) is 9.84 Å². The average molecular weight is 233 g/mol. The first kappa shape index (κ1) is 11.1. The van der Waals surface area contributed by atoms with Gasteiger partial charge in [0.15, 0.2) is 0 Å². The quantitative estimate of drug-likeness (QED) is 0.864. The number of aromatic nitrogens is 3. The van der Waals surface area contributed by atoms with E-state index >= 15 is 0 Å². The number of hydrogen-bond donors (Lipinski definition) is 1. The first-order valence-electron chi connectivity index (χ1n) is 4.94. The molecule has 1 aromatic carbocycles. The van der Waals surface area contributed by atoms with Crippen LogP contribution in [0.2, 0.25) is 0 Å². The van der Waals surface area contributed by atoms with E-state index in [9.17, 15) is 4.79 Å². The molecule has 6 nitrogen and oxygen atoms in total. The Hall–Kier alpha value is -2.37. The molecular weight excluding hydrogens is 222 g/mol. The summed E-state index contributed by atoms with van der Waals surface area (Å²) >= 11 is 0. The molecule has 6 heteroatoms. The molecule has 0 spiro atoms. The maximum atomic E-state index is 10.8. The van der Waals surface area contributed by atoms with Crippen LogP contribution in [0.25, 0.3) is 5.69 Å². The Kier molecular flexibility index (Phi) is 2.78. The highest BCUT2D eigenvalue weighted by molar-refractivity contribution is 5.83. The summed E-state index contributed by atoms with van der Waals surface area (Å²) in [5.41, 5.74) is 0.660. The number of carboxylic acid groups (broad SMARTS) is 1. The number of aromatic carboxylic acids is 1. The predicted octanol–water partition coefficient (Wildman–Crippen LogP) is 1.28. The zero-order chi connectivity index (χ0) is 12.4. The van der Waals surface area contributed by atoms with E-state index in [1.165, 1.54) is 4.68 Å². The fourth-order valence-electron chi connectivity index (χ4n) is 1.51. The van der Waals surface area contributed by atoms with Crippen LogP contribution in [-0.4, -0.2) is 33.0 Å². The molecule has 17 heavy (non-hydrogen) atoms. The molecule has 0 fully saturated rings. The predicted molar refractivity (Wildman–Crippen MR) is 59.6 cm³/mol. The molecule has 0 saturated heterocycles. The zero-order valence-electron chi connectivity index (χ0n) is 9.41. The van der Waals surface area contributed by atoms with E-state index in [1.807, 2.05) is 12.1 Å². The van der Waals surface area contributed by atoms with Gasteiger partial charge in [0.25, 0.3) is 5.82 Å². The molecule has 2 aromatic rings. The summed E-state index contributed by atoms with van der Waals surface area (Å²) in [4.78, 5) is 14.6. The number of aryl methyl sites for hydroxylation is 1. The standard InChI is InChI=1S/C11H11N3O3/c1-7-12-10(11(15)16)13-14(7)8-5-3-4-6-9(8)17-2/h3-6H,1-2H3,(H,15,16). The Bertz CT molecular complexity index is 563. The van der Waals surface area contributed by atoms with Gasteiger partial charge in [-0.2, -0.15) is 0 Å². The summed E-state index contributed by atoms with van der Waals surface area (Å²) in [6.45, 7) is 1.69. The van der Waals surface area contributed by atoms with Crippen molar-refractivity contribution in [2.75, 3.05) is 7.11 Å². The van der Waals surface area contributed by atoms with Gasteiger partial charge in [0.2, 0.25) is 0 Å². The first-order valence-corrected chi connectivity index (χ1v) is 4.94. The Morgan fingerprint density at radius 1 is 1.41 bits per heavy atom. The highest BCUT2D eigenvalue weighted by Gasteiger charge is 2.15. The van der Waals surface area contributed by atoms with Crippen molar-refractivity contribution in [3.63, 3.8) is 0 Å². The number of nitrogens with zero attached hydrogens (tertiary/aromatic N) is 3. The minimum absolute atomic E-state index is 0.228. The van der Waals surface area contributed by atoms with Gasteiger partial charge in [0.05, 0.1) is 7.11 Å². The number of para-hydroxylation sites is 2. The number of carboxylic acids is 1. The molecule has 0 unspecified atom stereocenters. The number of carbonyl (C=O) groups is 1. The molecule has 0 atom stereocenters. The number of rotatable bonds is 3. The molecule has 0 bridgehead atoms. The van der Waals surface area contributed by atoms with E-state index in [0.29, 0.717) is 17.3 Å². The van der Waals surface area contributed by atoms with Gasteiger partial charge in [-0.15, -0.1) is 5.10 Å². The van der Waals surface area contributed by atoms with Crippen LogP contribution in [0, 0.1) is 6.92 Å². The molecule has 1 aromatic heterocycles. The van der Waals surface area contributed by atoms with Gasteiger partial charge in [-0.25, -0.2) is 14.5 Å². The second kappa shape index (κ2) is 4.25. The molecule has 0 aliphatic heterocycles. The Labute approximate surface area is 97.5 Å². The van der Waals surface area contributed by atoms with Gasteiger partial charge in [-0.1, -0.05) is 12.1 Å². The van der Waals surface area contributed by atoms with E-state index < -0.39 is 5.97 Å². The van der Waals surface area contributed by atoms with Crippen molar-refractivity contribution < 1.29 is 14.6 Å². The summed E-state index contributed by atoms with van der Waals surface area (Å²) in [5.74, 6) is -0.278. The van der Waals surface area contributed by atoms with Crippen LogP contribution < -0.4 is 4.74 Å². The van der Waals surface area contributed by atoms with Gasteiger partial charge >= 0.3 is 5.97 Å². The first-order chi connectivity index (χ1) is 8.13. The van der Waals surface area contributed by atoms with E-state index in [0.717, 1.165) is 0 Å². The molecule has 0 amide bonds. The Balaban J connectivity index is 2.56. The molecule has 1 heterocycles. The number of hydrogen-bond acceptors (Lipinski definition) is 4. The maximum absolute atomic E-state index is 10.8. The third kappa shape index (κ3) is 1.96. The van der Waals surface area contributed by atoms with Crippen molar-refractivity contribution in [3.05, 3.63) is 35.9 Å². The van der Waals surface area contributed by atoms with Crippen molar-refractivity contribution in [1.29, 1.82) is 0 Å². The van der Waals surface area contributed by atoms with E-state index in [1.54, 1.807) is 26.2 Å². The van der Waals surface area contributed by atoms with Gasteiger partial charge < -0.3 is 9.84 Å². The monoisotopic (exact) mass is 233 g/mol. The zero-order valence-corrected chi connectivity index (χ0v) is 9.41. The molecule has 88 valence electrons. The smallest absolute Gasteiger partial charge is 0.375 e. The third-order valence-electron chi connectivity index (χ3n) is 2.27. The van der Waals surface area contributed by atoms with Crippen LogP contribution in [0.15, 0.2) is 24.3 Å². The topological polar surface area (TPSA) is 77.2 Å². The van der Waals surface area contributed by atoms with Crippen LogP contribution in [0.4, 0.5) is 0 Å². The summed E-state index contributed by atoms with van der Waals surface area (Å²) < 4.78 is 6.64. The summed E-state index contributed by atoms with van der Waals surface area (Å²) in [6, 6.07) is 7.20. The lowest BCUT2D eigenvalue weighted by atomic mass is 10.3. The molecule has 0 saturated carbocycles. The fourth-order valence-corrected chi connectivity index (χ4v) is 1.51. The normalized spacial score (nSPS) is 10.2. The molecule has 0 aliphatic carbocycles. The van der Waals surface area contributed by atoms with Crippen molar-refractivity contribution in [2.45, 2.75) is 6.92 Å². The van der Waals surface area contributed by atoms with Crippen LogP contribution in [0.1, 0.15) is 16.4 Å². The van der Waals surface area contributed by atoms with Crippen LogP contribution in [-0.2, 0) is 0 Å². The van der Waals surface area contributed by atoms with Gasteiger partial charge in [-0.3, -0.25) is 0 Å².